The van der Waals surface area contributed by atoms with E-state index in [1.807, 2.05) is 12.1 Å². The van der Waals surface area contributed by atoms with Crippen LogP contribution in [0, 0.1) is 0 Å². The monoisotopic (exact) mass is 348 g/mol. The lowest BCUT2D eigenvalue weighted by Crippen LogP contribution is -2.15. The van der Waals surface area contributed by atoms with E-state index in [9.17, 15) is 0 Å². The molecule has 3 heterocycles. The van der Waals surface area contributed by atoms with Crippen molar-refractivity contribution in [3.05, 3.63) is 41.7 Å². The first kappa shape index (κ1) is 15.3. The zero-order valence-corrected chi connectivity index (χ0v) is 14.9. The number of benzene rings is 2. The second-order valence-corrected chi connectivity index (χ2v) is 6.64. The van der Waals surface area contributed by atoms with E-state index in [1.54, 1.807) is 20.5 Å². The molecule has 2 aliphatic heterocycles. The number of nitrogens with zero attached hydrogens (tertiary/aromatic N) is 3. The summed E-state index contributed by atoms with van der Waals surface area (Å²) in [5.74, 6) is 2.28. The van der Waals surface area contributed by atoms with Gasteiger partial charge in [-0.05, 0) is 42.2 Å². The van der Waals surface area contributed by atoms with Crippen LogP contribution in [0.2, 0.25) is 0 Å². The van der Waals surface area contributed by atoms with Crippen LogP contribution in [0.1, 0.15) is 11.1 Å². The number of nitrogens with one attached hydrogen (secondary N) is 1. The molecule has 0 saturated carbocycles. The number of ether oxygens (including phenoxy) is 2. The minimum atomic E-state index is 0.676. The van der Waals surface area contributed by atoms with Gasteiger partial charge in [-0.15, -0.1) is 0 Å². The second kappa shape index (κ2) is 5.76. The molecule has 0 bridgehead atoms. The molecule has 2 aromatic carbocycles. The molecule has 2 aliphatic rings. The standard InChI is InChI=1S/C20H20N4O2/c1-25-18-9-14-16(10-19(18)26-2)22-11-23-20(14)24-6-4-13-7-15-12(3-5-21-15)8-17(13)24/h7-11,21H,3-6H2,1-2H3. The summed E-state index contributed by atoms with van der Waals surface area (Å²) < 4.78 is 10.9. The van der Waals surface area contributed by atoms with Gasteiger partial charge in [0.25, 0.3) is 0 Å². The number of rotatable bonds is 3. The lowest BCUT2D eigenvalue weighted by atomic mass is 10.1. The van der Waals surface area contributed by atoms with Crippen LogP contribution in [-0.2, 0) is 12.8 Å². The lowest BCUT2D eigenvalue weighted by Gasteiger charge is -2.21. The summed E-state index contributed by atoms with van der Waals surface area (Å²) in [6.07, 6.45) is 3.71. The van der Waals surface area contributed by atoms with Gasteiger partial charge in [0.05, 0.1) is 19.7 Å². The fourth-order valence-corrected chi connectivity index (χ4v) is 3.99. The number of aromatic nitrogens is 2. The fourth-order valence-electron chi connectivity index (χ4n) is 3.99. The van der Waals surface area contributed by atoms with Crippen LogP contribution in [0.25, 0.3) is 10.9 Å². The molecule has 5 rings (SSSR count). The van der Waals surface area contributed by atoms with Gasteiger partial charge in [0, 0.05) is 35.9 Å². The average Bonchev–Trinajstić information content (AvgIpc) is 3.30. The summed E-state index contributed by atoms with van der Waals surface area (Å²) >= 11 is 0. The number of fused-ring (bicyclic) bond motifs is 3. The molecule has 26 heavy (non-hydrogen) atoms. The minimum Gasteiger partial charge on any atom is -0.493 e. The third kappa shape index (κ3) is 2.18. The molecule has 6 nitrogen and oxygen atoms in total. The van der Waals surface area contributed by atoms with Gasteiger partial charge in [0.2, 0.25) is 0 Å². The van der Waals surface area contributed by atoms with Crippen molar-refractivity contribution >= 4 is 28.1 Å². The van der Waals surface area contributed by atoms with Gasteiger partial charge < -0.3 is 19.7 Å². The molecule has 0 atom stereocenters. The van der Waals surface area contributed by atoms with E-state index in [-0.39, 0.29) is 0 Å². The molecular weight excluding hydrogens is 328 g/mol. The summed E-state index contributed by atoms with van der Waals surface area (Å²) in [5.41, 5.74) is 6.13. The van der Waals surface area contributed by atoms with Gasteiger partial charge in [0.15, 0.2) is 11.5 Å². The fraction of sp³-hybridized carbons (Fsp3) is 0.300. The van der Waals surface area contributed by atoms with Crippen LogP contribution in [0.4, 0.5) is 17.2 Å². The molecular formula is C20H20N4O2. The van der Waals surface area contributed by atoms with Crippen LogP contribution >= 0.6 is 0 Å². The van der Waals surface area contributed by atoms with E-state index in [1.165, 1.54) is 22.5 Å². The Kier molecular flexibility index (Phi) is 3.38. The zero-order chi connectivity index (χ0) is 17.7. The SMILES string of the molecule is COc1cc2ncnc(N3CCc4cc5c(cc43)CCN5)c2cc1OC. The van der Waals surface area contributed by atoms with Gasteiger partial charge in [-0.2, -0.15) is 0 Å². The largest absolute Gasteiger partial charge is 0.493 e. The van der Waals surface area contributed by atoms with Crippen molar-refractivity contribution in [3.63, 3.8) is 0 Å². The maximum absolute atomic E-state index is 5.48. The molecule has 6 heteroatoms. The van der Waals surface area contributed by atoms with Gasteiger partial charge in [0.1, 0.15) is 12.1 Å². The molecule has 0 fully saturated rings. The van der Waals surface area contributed by atoms with Gasteiger partial charge in [-0.3, -0.25) is 0 Å². The summed E-state index contributed by atoms with van der Waals surface area (Å²) in [7, 11) is 3.28. The number of hydrogen-bond donors (Lipinski definition) is 1. The molecule has 0 spiro atoms. The van der Waals surface area contributed by atoms with E-state index < -0.39 is 0 Å². The Morgan fingerprint density at radius 2 is 1.81 bits per heavy atom. The van der Waals surface area contributed by atoms with Gasteiger partial charge >= 0.3 is 0 Å². The second-order valence-electron chi connectivity index (χ2n) is 6.64. The highest BCUT2D eigenvalue weighted by atomic mass is 16.5. The number of methoxy groups -OCH3 is 2. The maximum atomic E-state index is 5.48. The molecule has 3 aromatic rings. The summed E-state index contributed by atoms with van der Waals surface area (Å²) in [6, 6.07) is 8.48. The Hall–Kier alpha value is -3.02. The third-order valence-electron chi connectivity index (χ3n) is 5.29. The van der Waals surface area contributed by atoms with E-state index >= 15 is 0 Å². The average molecular weight is 348 g/mol. The molecule has 0 amide bonds. The van der Waals surface area contributed by atoms with Crippen molar-refractivity contribution < 1.29 is 9.47 Å². The third-order valence-corrected chi connectivity index (χ3v) is 5.29. The van der Waals surface area contributed by atoms with Crippen molar-refractivity contribution in [1.82, 2.24) is 9.97 Å². The van der Waals surface area contributed by atoms with E-state index in [4.69, 9.17) is 9.47 Å². The normalized spacial score (nSPS) is 14.9. The predicted molar refractivity (Wildman–Crippen MR) is 102 cm³/mol. The van der Waals surface area contributed by atoms with Crippen LogP contribution in [0.15, 0.2) is 30.6 Å². The highest BCUT2D eigenvalue weighted by Crippen LogP contribution is 2.42. The molecule has 1 aromatic heterocycles. The van der Waals surface area contributed by atoms with Gasteiger partial charge in [-0.25, -0.2) is 9.97 Å². The van der Waals surface area contributed by atoms with E-state index in [2.05, 4.69) is 32.3 Å². The van der Waals surface area contributed by atoms with Crippen LogP contribution in [0.3, 0.4) is 0 Å². The van der Waals surface area contributed by atoms with Crippen LogP contribution in [-0.4, -0.2) is 37.3 Å². The van der Waals surface area contributed by atoms with E-state index in [0.29, 0.717) is 11.5 Å². The highest BCUT2D eigenvalue weighted by molar-refractivity contribution is 5.94. The summed E-state index contributed by atoms with van der Waals surface area (Å²) in [6.45, 7) is 1.93. The molecule has 0 radical (unpaired) electrons. The minimum absolute atomic E-state index is 0.676. The Bertz CT molecular complexity index is 1020. The maximum Gasteiger partial charge on any atom is 0.162 e. The molecule has 0 aliphatic carbocycles. The summed E-state index contributed by atoms with van der Waals surface area (Å²) in [4.78, 5) is 11.3. The smallest absolute Gasteiger partial charge is 0.162 e. The first-order valence-corrected chi connectivity index (χ1v) is 8.82. The van der Waals surface area contributed by atoms with Crippen molar-refractivity contribution in [1.29, 1.82) is 0 Å². The molecule has 132 valence electrons. The first-order chi connectivity index (χ1) is 12.8. The highest BCUT2D eigenvalue weighted by Gasteiger charge is 2.26. The topological polar surface area (TPSA) is 59.5 Å². The van der Waals surface area contributed by atoms with Crippen LogP contribution < -0.4 is 19.7 Å². The van der Waals surface area contributed by atoms with Crippen molar-refractivity contribution in [2.75, 3.05) is 37.5 Å². The van der Waals surface area contributed by atoms with Gasteiger partial charge in [-0.1, -0.05) is 0 Å². The Balaban J connectivity index is 1.67. The quantitative estimate of drug-likeness (QED) is 0.784. The Morgan fingerprint density at radius 3 is 2.65 bits per heavy atom. The molecule has 0 saturated heterocycles. The number of hydrogen-bond acceptors (Lipinski definition) is 6. The van der Waals surface area contributed by atoms with Crippen molar-refractivity contribution in [3.8, 4) is 11.5 Å². The first-order valence-electron chi connectivity index (χ1n) is 8.82. The Morgan fingerprint density at radius 1 is 0.962 bits per heavy atom. The van der Waals surface area contributed by atoms with Crippen molar-refractivity contribution in [2.24, 2.45) is 0 Å². The zero-order valence-electron chi connectivity index (χ0n) is 14.9. The van der Waals surface area contributed by atoms with Crippen LogP contribution in [0.5, 0.6) is 11.5 Å². The van der Waals surface area contributed by atoms with Crippen molar-refractivity contribution in [2.45, 2.75) is 12.8 Å². The molecule has 1 N–H and O–H groups in total. The predicted octanol–water partition coefficient (Wildman–Crippen LogP) is 3.31. The Labute approximate surface area is 151 Å². The lowest BCUT2D eigenvalue weighted by molar-refractivity contribution is 0.356. The molecule has 0 unspecified atom stereocenters. The summed E-state index contributed by atoms with van der Waals surface area (Å²) in [5, 5.41) is 4.44. The van der Waals surface area contributed by atoms with E-state index in [0.717, 1.165) is 42.7 Å². The number of anilines is 3.